The molecule has 112 valence electrons. The molecule has 0 unspecified atom stereocenters. The van der Waals surface area contributed by atoms with E-state index in [1.165, 1.54) is 23.2 Å². The molecule has 0 aliphatic rings. The Labute approximate surface area is 135 Å². The van der Waals surface area contributed by atoms with Crippen molar-refractivity contribution in [3.8, 4) is 11.5 Å². The molecule has 2 rings (SSSR count). The van der Waals surface area contributed by atoms with Gasteiger partial charge in [0.1, 0.15) is 0 Å². The minimum absolute atomic E-state index is 0.958. The van der Waals surface area contributed by atoms with Crippen molar-refractivity contribution in [2.75, 3.05) is 0 Å². The van der Waals surface area contributed by atoms with Crippen LogP contribution < -0.4 is 10.4 Å². The van der Waals surface area contributed by atoms with Crippen molar-refractivity contribution in [1.82, 2.24) is 0 Å². The highest BCUT2D eigenvalue weighted by Gasteiger charge is 2.34. The van der Waals surface area contributed by atoms with E-state index in [0.29, 0.717) is 0 Å². The maximum Gasteiger partial charge on any atom is 0.202 e. The minimum Gasteiger partial charge on any atom is -0.120 e. The first-order chi connectivity index (χ1) is 10.8. The molecule has 1 heteroatoms. The predicted octanol–water partition coefficient (Wildman–Crippen LogP) is 4.17. The first-order valence-electron chi connectivity index (χ1n) is 8.05. The second-order valence-corrected chi connectivity index (χ2v) is 9.16. The molecule has 22 heavy (non-hydrogen) atoms. The number of unbranched alkanes of at least 4 members (excludes halogenated alkanes) is 2. The fourth-order valence-corrected chi connectivity index (χ4v) is 6.32. The number of hydrogen-bond donors (Lipinski definition) is 0. The average molecular weight is 305 g/mol. The van der Waals surface area contributed by atoms with Gasteiger partial charge in [0.2, 0.25) is 8.07 Å². The van der Waals surface area contributed by atoms with Crippen molar-refractivity contribution >= 4 is 18.4 Å². The van der Waals surface area contributed by atoms with Crippen LogP contribution in [0.25, 0.3) is 0 Å². The molecule has 0 nitrogen and oxygen atoms in total. The van der Waals surface area contributed by atoms with Crippen LogP contribution in [-0.2, 0) is 0 Å². The maximum absolute atomic E-state index is 4.01. The Morgan fingerprint density at radius 1 is 0.955 bits per heavy atom. The van der Waals surface area contributed by atoms with Gasteiger partial charge in [-0.1, -0.05) is 80.1 Å². The molecule has 0 fully saturated rings. The van der Waals surface area contributed by atoms with Crippen molar-refractivity contribution in [3.63, 3.8) is 0 Å². The predicted molar refractivity (Wildman–Crippen MR) is 100 cm³/mol. The van der Waals surface area contributed by atoms with E-state index in [-0.39, 0.29) is 0 Å². The van der Waals surface area contributed by atoms with Crippen LogP contribution in [0, 0.1) is 11.5 Å². The summed E-state index contributed by atoms with van der Waals surface area (Å²) < 4.78 is 0. The summed E-state index contributed by atoms with van der Waals surface area (Å²) in [7, 11) is -2.08. The zero-order valence-electron chi connectivity index (χ0n) is 13.4. The van der Waals surface area contributed by atoms with E-state index in [0.717, 1.165) is 12.5 Å². The summed E-state index contributed by atoms with van der Waals surface area (Å²) in [6.07, 6.45) is 5.40. The fraction of sp³-hybridized carbons (Fsp3) is 0.238. The van der Waals surface area contributed by atoms with Gasteiger partial charge < -0.3 is 0 Å². The van der Waals surface area contributed by atoms with Crippen LogP contribution >= 0.6 is 0 Å². The first kappa shape index (κ1) is 16.3. The molecule has 0 aliphatic heterocycles. The highest BCUT2D eigenvalue weighted by molar-refractivity contribution is 7.08. The SMILES string of the molecule is C=CC[Si](C#CCCCC)(c1ccccc1)c1ccccc1. The molecule has 2 aromatic rings. The lowest BCUT2D eigenvalue weighted by Gasteiger charge is -2.26. The summed E-state index contributed by atoms with van der Waals surface area (Å²) in [6, 6.07) is 22.5. The molecule has 0 saturated heterocycles. The molecule has 2 aromatic carbocycles. The van der Waals surface area contributed by atoms with E-state index >= 15 is 0 Å². The quantitative estimate of drug-likeness (QED) is 0.325. The van der Waals surface area contributed by atoms with Gasteiger partial charge in [0, 0.05) is 6.42 Å². The van der Waals surface area contributed by atoms with E-state index in [1.807, 2.05) is 6.08 Å². The highest BCUT2D eigenvalue weighted by atomic mass is 28.3. The van der Waals surface area contributed by atoms with Crippen LogP contribution in [0.15, 0.2) is 73.3 Å². The zero-order valence-corrected chi connectivity index (χ0v) is 14.4. The second-order valence-electron chi connectivity index (χ2n) is 5.54. The Kier molecular flexibility index (Phi) is 6.24. The molecule has 0 bridgehead atoms. The third kappa shape index (κ3) is 3.78. The number of hydrogen-bond acceptors (Lipinski definition) is 0. The Morgan fingerprint density at radius 2 is 1.50 bits per heavy atom. The first-order valence-corrected chi connectivity index (χ1v) is 10.3. The van der Waals surface area contributed by atoms with Gasteiger partial charge in [0.25, 0.3) is 0 Å². The molecular weight excluding hydrogens is 280 g/mol. The topological polar surface area (TPSA) is 0 Å². The molecule has 0 amide bonds. The van der Waals surface area contributed by atoms with Crippen LogP contribution in [0.4, 0.5) is 0 Å². The molecule has 0 radical (unpaired) electrons. The fourth-order valence-electron chi connectivity index (χ4n) is 2.74. The van der Waals surface area contributed by atoms with E-state index < -0.39 is 8.07 Å². The molecule has 0 saturated carbocycles. The van der Waals surface area contributed by atoms with Crippen LogP contribution in [-0.4, -0.2) is 8.07 Å². The monoisotopic (exact) mass is 304 g/mol. The normalized spacial score (nSPS) is 10.6. The molecular formula is C21H24Si. The molecule has 0 spiro atoms. The van der Waals surface area contributed by atoms with Crippen molar-refractivity contribution in [2.45, 2.75) is 32.2 Å². The van der Waals surface area contributed by atoms with Crippen LogP contribution in [0.5, 0.6) is 0 Å². The number of benzene rings is 2. The molecule has 0 aromatic heterocycles. The van der Waals surface area contributed by atoms with Crippen molar-refractivity contribution in [2.24, 2.45) is 0 Å². The minimum atomic E-state index is -2.08. The summed E-state index contributed by atoms with van der Waals surface area (Å²) in [5.41, 5.74) is 3.72. The van der Waals surface area contributed by atoms with Crippen LogP contribution in [0.3, 0.4) is 0 Å². The molecule has 0 atom stereocenters. The van der Waals surface area contributed by atoms with Crippen molar-refractivity contribution in [1.29, 1.82) is 0 Å². The van der Waals surface area contributed by atoms with Gasteiger partial charge in [-0.05, 0) is 22.8 Å². The summed E-state index contributed by atoms with van der Waals surface area (Å²) in [4.78, 5) is 0. The third-order valence-corrected chi connectivity index (χ3v) is 8.08. The summed E-state index contributed by atoms with van der Waals surface area (Å²) >= 11 is 0. The zero-order chi connectivity index (χ0) is 15.7. The molecule has 0 aliphatic carbocycles. The Bertz CT molecular complexity index is 592. The standard InChI is InChI=1S/C21H24Si/c1-3-5-6-13-19-22(18-4-2,20-14-9-7-10-15-20)21-16-11-8-12-17-21/h4,7-12,14-17H,2-3,5-6,18H2,1H3. The highest BCUT2D eigenvalue weighted by Crippen LogP contribution is 2.12. The number of rotatable bonds is 6. The largest absolute Gasteiger partial charge is 0.202 e. The van der Waals surface area contributed by atoms with Crippen molar-refractivity contribution < 1.29 is 0 Å². The maximum atomic E-state index is 4.01. The van der Waals surface area contributed by atoms with Crippen LogP contribution in [0.1, 0.15) is 26.2 Å². The molecule has 0 N–H and O–H groups in total. The van der Waals surface area contributed by atoms with Gasteiger partial charge in [0.05, 0.1) is 0 Å². The van der Waals surface area contributed by atoms with Gasteiger partial charge in [-0.15, -0.1) is 18.0 Å². The lowest BCUT2D eigenvalue weighted by atomic mass is 10.3. The number of allylic oxidation sites excluding steroid dienone is 1. The lowest BCUT2D eigenvalue weighted by molar-refractivity contribution is 0.828. The van der Waals surface area contributed by atoms with Gasteiger partial charge in [0.15, 0.2) is 0 Å². The Morgan fingerprint density at radius 3 is 1.95 bits per heavy atom. The summed E-state index contributed by atoms with van der Waals surface area (Å²) in [6.45, 7) is 6.22. The second kappa shape index (κ2) is 8.41. The smallest absolute Gasteiger partial charge is 0.120 e. The van der Waals surface area contributed by atoms with Gasteiger partial charge in [-0.25, -0.2) is 0 Å². The lowest BCUT2D eigenvalue weighted by Crippen LogP contribution is -2.57. The third-order valence-electron chi connectivity index (χ3n) is 3.94. The van der Waals surface area contributed by atoms with Crippen LogP contribution in [0.2, 0.25) is 6.04 Å². The van der Waals surface area contributed by atoms with Gasteiger partial charge in [-0.3, -0.25) is 0 Å². The van der Waals surface area contributed by atoms with Gasteiger partial charge >= 0.3 is 0 Å². The Balaban J connectivity index is 2.54. The average Bonchev–Trinajstić information content (AvgIpc) is 2.59. The Hall–Kier alpha value is -2.04. The summed E-state index contributed by atoms with van der Waals surface area (Å²) in [5, 5.41) is 2.76. The van der Waals surface area contributed by atoms with E-state index in [4.69, 9.17) is 0 Å². The van der Waals surface area contributed by atoms with Crippen molar-refractivity contribution in [3.05, 3.63) is 73.3 Å². The van der Waals surface area contributed by atoms with E-state index in [1.54, 1.807) is 0 Å². The van der Waals surface area contributed by atoms with E-state index in [2.05, 4.69) is 85.6 Å². The van der Waals surface area contributed by atoms with Gasteiger partial charge in [-0.2, -0.15) is 0 Å². The van der Waals surface area contributed by atoms with E-state index in [9.17, 15) is 0 Å². The molecule has 0 heterocycles. The summed E-state index contributed by atoms with van der Waals surface area (Å²) in [5.74, 6) is 3.47.